The average molecular weight is 325 g/mol. The van der Waals surface area contributed by atoms with Crippen LogP contribution in [-0.2, 0) is 6.42 Å². The molecule has 1 aromatic carbocycles. The highest BCUT2D eigenvalue weighted by Gasteiger charge is 2.22. The topological polar surface area (TPSA) is 64.3 Å². The van der Waals surface area contributed by atoms with Gasteiger partial charge in [0.25, 0.3) is 5.88 Å². The van der Waals surface area contributed by atoms with E-state index in [9.17, 15) is 0 Å². The van der Waals surface area contributed by atoms with E-state index in [1.54, 1.807) is 18.3 Å². The summed E-state index contributed by atoms with van der Waals surface area (Å²) < 4.78 is 5.83. The first-order chi connectivity index (χ1) is 10.1. The molecule has 0 atom stereocenters. The van der Waals surface area contributed by atoms with E-state index in [1.807, 2.05) is 7.05 Å². The fourth-order valence-corrected chi connectivity index (χ4v) is 3.03. The molecular formula is C14H14Cl2N4O. The van der Waals surface area contributed by atoms with Gasteiger partial charge in [-0.2, -0.15) is 5.10 Å². The van der Waals surface area contributed by atoms with Gasteiger partial charge < -0.3 is 15.4 Å². The van der Waals surface area contributed by atoms with Gasteiger partial charge in [0, 0.05) is 24.8 Å². The first-order valence-corrected chi connectivity index (χ1v) is 7.30. The van der Waals surface area contributed by atoms with Crippen LogP contribution in [0.3, 0.4) is 0 Å². The van der Waals surface area contributed by atoms with E-state index >= 15 is 0 Å². The van der Waals surface area contributed by atoms with Gasteiger partial charge in [0.05, 0.1) is 16.2 Å². The third kappa shape index (κ3) is 2.71. The third-order valence-electron chi connectivity index (χ3n) is 3.41. The van der Waals surface area contributed by atoms with Crippen LogP contribution in [0.2, 0.25) is 10.0 Å². The number of hydrogen-bond acceptors (Lipinski definition) is 5. The molecule has 0 saturated heterocycles. The summed E-state index contributed by atoms with van der Waals surface area (Å²) in [5, 5.41) is 8.76. The maximum Gasteiger partial charge on any atom is 0.263 e. The van der Waals surface area contributed by atoms with Gasteiger partial charge in [0.15, 0.2) is 5.75 Å². The number of benzene rings is 1. The molecule has 0 unspecified atom stereocenters. The molecule has 2 heterocycles. The highest BCUT2D eigenvalue weighted by Crippen LogP contribution is 2.41. The summed E-state index contributed by atoms with van der Waals surface area (Å²) in [6, 6.07) is 3.19. The first-order valence-electron chi connectivity index (χ1n) is 6.54. The Hall–Kier alpha value is -1.72. The molecule has 0 saturated carbocycles. The largest absolute Gasteiger partial charge is 0.433 e. The molecule has 21 heavy (non-hydrogen) atoms. The van der Waals surface area contributed by atoms with Crippen molar-refractivity contribution in [1.29, 1.82) is 0 Å². The molecule has 110 valence electrons. The van der Waals surface area contributed by atoms with E-state index in [0.717, 1.165) is 30.6 Å². The molecule has 0 amide bonds. The van der Waals surface area contributed by atoms with Crippen molar-refractivity contribution in [1.82, 2.24) is 10.2 Å². The highest BCUT2D eigenvalue weighted by atomic mass is 35.5. The van der Waals surface area contributed by atoms with Gasteiger partial charge in [-0.25, -0.2) is 0 Å². The number of fused-ring (bicyclic) bond motifs is 1. The Kier molecular flexibility index (Phi) is 3.78. The zero-order chi connectivity index (χ0) is 15.0. The minimum Gasteiger partial charge on any atom is -0.433 e. The maximum absolute atomic E-state index is 6.15. The molecule has 0 spiro atoms. The van der Waals surface area contributed by atoms with Gasteiger partial charge in [-0.15, -0.1) is 5.10 Å². The van der Waals surface area contributed by atoms with Crippen molar-refractivity contribution in [2.24, 2.45) is 0 Å². The normalized spacial score (nSPS) is 14.0. The second-order valence-electron chi connectivity index (χ2n) is 4.96. The van der Waals surface area contributed by atoms with E-state index < -0.39 is 0 Å². The summed E-state index contributed by atoms with van der Waals surface area (Å²) in [6.45, 7) is 0.943. The van der Waals surface area contributed by atoms with Crippen LogP contribution in [0, 0.1) is 0 Å². The lowest BCUT2D eigenvalue weighted by Gasteiger charge is -2.28. The summed E-state index contributed by atoms with van der Waals surface area (Å²) in [6.07, 6.45) is 3.80. The number of nitrogen functional groups attached to an aromatic ring is 1. The van der Waals surface area contributed by atoms with Crippen LogP contribution in [0.1, 0.15) is 12.0 Å². The molecule has 3 rings (SSSR count). The second-order valence-corrected chi connectivity index (χ2v) is 5.78. The smallest absolute Gasteiger partial charge is 0.263 e. The summed E-state index contributed by atoms with van der Waals surface area (Å²) in [5.74, 6) is 0.748. The van der Waals surface area contributed by atoms with E-state index in [1.165, 1.54) is 0 Å². The van der Waals surface area contributed by atoms with Crippen molar-refractivity contribution in [2.75, 3.05) is 24.2 Å². The fourth-order valence-electron chi connectivity index (χ4n) is 2.45. The van der Waals surface area contributed by atoms with Crippen LogP contribution in [0.4, 0.5) is 11.4 Å². The van der Waals surface area contributed by atoms with Crippen molar-refractivity contribution in [3.8, 4) is 11.6 Å². The van der Waals surface area contributed by atoms with Gasteiger partial charge in [-0.05, 0) is 25.0 Å². The van der Waals surface area contributed by atoms with Gasteiger partial charge in [0.2, 0.25) is 0 Å². The molecule has 0 radical (unpaired) electrons. The quantitative estimate of drug-likeness (QED) is 0.856. The Morgan fingerprint density at radius 1 is 1.29 bits per heavy atom. The molecule has 0 bridgehead atoms. The van der Waals surface area contributed by atoms with E-state index in [2.05, 4.69) is 15.1 Å². The fraction of sp³-hybridized carbons (Fsp3) is 0.286. The maximum atomic E-state index is 6.15. The number of aromatic nitrogens is 2. The molecular weight excluding hydrogens is 311 g/mol. The molecule has 1 aliphatic rings. The number of anilines is 2. The monoisotopic (exact) mass is 324 g/mol. The van der Waals surface area contributed by atoms with Crippen LogP contribution < -0.4 is 15.4 Å². The number of halogens is 2. The van der Waals surface area contributed by atoms with Crippen LogP contribution in [-0.4, -0.2) is 23.8 Å². The van der Waals surface area contributed by atoms with Gasteiger partial charge in [0.1, 0.15) is 5.69 Å². The predicted molar refractivity (Wildman–Crippen MR) is 84.6 cm³/mol. The summed E-state index contributed by atoms with van der Waals surface area (Å²) in [4.78, 5) is 2.10. The summed E-state index contributed by atoms with van der Waals surface area (Å²) >= 11 is 12.3. The lowest BCUT2D eigenvalue weighted by atomic mass is 10.1. The predicted octanol–water partition coefficient (Wildman–Crippen LogP) is 3.54. The summed E-state index contributed by atoms with van der Waals surface area (Å²) in [5.41, 5.74) is 8.21. The zero-order valence-electron chi connectivity index (χ0n) is 11.4. The Morgan fingerprint density at radius 2 is 2.00 bits per heavy atom. The van der Waals surface area contributed by atoms with E-state index in [0.29, 0.717) is 27.4 Å². The standard InChI is InChI=1S/C14H14Cl2N4O/c1-20-4-2-3-8-7-18-19-14(12(8)20)21-13-10(15)5-9(17)6-11(13)16/h5-7H,2-4,17H2,1H3. The Balaban J connectivity index is 2.04. The van der Waals surface area contributed by atoms with Crippen LogP contribution in [0.5, 0.6) is 11.6 Å². The zero-order valence-corrected chi connectivity index (χ0v) is 12.9. The molecule has 7 heteroatoms. The SMILES string of the molecule is CN1CCCc2cnnc(Oc3c(Cl)cc(N)cc3Cl)c21. The van der Waals surface area contributed by atoms with Crippen molar-refractivity contribution in [2.45, 2.75) is 12.8 Å². The van der Waals surface area contributed by atoms with Crippen molar-refractivity contribution >= 4 is 34.6 Å². The minimum absolute atomic E-state index is 0.342. The van der Waals surface area contributed by atoms with E-state index in [4.69, 9.17) is 33.7 Å². The van der Waals surface area contributed by atoms with Crippen LogP contribution >= 0.6 is 23.2 Å². The van der Waals surface area contributed by atoms with E-state index in [-0.39, 0.29) is 0 Å². The number of ether oxygens (including phenoxy) is 1. The van der Waals surface area contributed by atoms with Gasteiger partial charge >= 0.3 is 0 Å². The van der Waals surface area contributed by atoms with Crippen molar-refractivity contribution in [3.05, 3.63) is 33.9 Å². The highest BCUT2D eigenvalue weighted by molar-refractivity contribution is 6.37. The molecule has 1 aromatic heterocycles. The Labute approximate surface area is 132 Å². The second kappa shape index (κ2) is 5.58. The number of aryl methyl sites for hydroxylation is 1. The number of hydrogen-bond donors (Lipinski definition) is 1. The molecule has 0 fully saturated rings. The molecule has 1 aliphatic heterocycles. The molecule has 2 aromatic rings. The Morgan fingerprint density at radius 3 is 2.71 bits per heavy atom. The number of rotatable bonds is 2. The van der Waals surface area contributed by atoms with Crippen LogP contribution in [0.25, 0.3) is 0 Å². The van der Waals surface area contributed by atoms with Crippen molar-refractivity contribution < 1.29 is 4.74 Å². The van der Waals surface area contributed by atoms with Crippen molar-refractivity contribution in [3.63, 3.8) is 0 Å². The summed E-state index contributed by atoms with van der Waals surface area (Å²) in [7, 11) is 2.00. The molecule has 0 aliphatic carbocycles. The van der Waals surface area contributed by atoms with Crippen LogP contribution in [0.15, 0.2) is 18.3 Å². The molecule has 2 N–H and O–H groups in total. The lowest BCUT2D eigenvalue weighted by Crippen LogP contribution is -2.25. The molecule has 5 nitrogen and oxygen atoms in total. The third-order valence-corrected chi connectivity index (χ3v) is 3.97. The average Bonchev–Trinajstić information content (AvgIpc) is 2.43. The minimum atomic E-state index is 0.342. The first kappa shape index (κ1) is 14.2. The number of nitrogens with zero attached hydrogens (tertiary/aromatic N) is 3. The lowest BCUT2D eigenvalue weighted by molar-refractivity contribution is 0.452. The number of nitrogens with two attached hydrogens (primary N) is 1. The Bertz CT molecular complexity index is 670. The van der Waals surface area contributed by atoms with Gasteiger partial charge in [-0.1, -0.05) is 23.2 Å². The van der Waals surface area contributed by atoms with Gasteiger partial charge in [-0.3, -0.25) is 0 Å².